The van der Waals surface area contributed by atoms with Gasteiger partial charge in [-0.25, -0.2) is 0 Å². The predicted octanol–water partition coefficient (Wildman–Crippen LogP) is 1.95. The predicted molar refractivity (Wildman–Crippen MR) is 39.4 cm³/mol. The fraction of sp³-hybridized carbons (Fsp3) is 0.800. The molecule has 0 amide bonds. The van der Waals surface area contributed by atoms with Gasteiger partial charge in [0.05, 0.1) is 0 Å². The van der Waals surface area contributed by atoms with Crippen LogP contribution in [0.5, 0.6) is 0 Å². The van der Waals surface area contributed by atoms with Crippen molar-refractivity contribution >= 4 is 29.2 Å². The fourth-order valence-corrected chi connectivity index (χ4v) is 0. The van der Waals surface area contributed by atoms with Gasteiger partial charge in [0, 0.05) is 18.2 Å². The van der Waals surface area contributed by atoms with Gasteiger partial charge in [0.2, 0.25) is 0 Å². The zero-order chi connectivity index (χ0) is 7.70. The van der Waals surface area contributed by atoms with Gasteiger partial charge in [0.25, 0.3) is 0 Å². The molecule has 0 radical (unpaired) electrons. The van der Waals surface area contributed by atoms with Crippen LogP contribution in [0.25, 0.3) is 0 Å². The normalized spacial score (nSPS) is 7.44. The molecule has 0 saturated heterocycles. The van der Waals surface area contributed by atoms with E-state index in [0.29, 0.717) is 11.8 Å². The fourth-order valence-electron chi connectivity index (χ4n) is 0. The van der Waals surface area contributed by atoms with Crippen molar-refractivity contribution in [2.45, 2.75) is 13.3 Å². The molecule has 0 saturated carbocycles. The van der Waals surface area contributed by atoms with E-state index in [1.54, 1.807) is 6.92 Å². The van der Waals surface area contributed by atoms with Gasteiger partial charge in [-0.2, -0.15) is 0 Å². The summed E-state index contributed by atoms with van der Waals surface area (Å²) in [5, 5.41) is 7.72. The van der Waals surface area contributed by atoms with E-state index >= 15 is 0 Å². The lowest BCUT2D eigenvalue weighted by Crippen LogP contribution is -1.86. The largest absolute Gasteiger partial charge is 0.481 e. The molecule has 0 aromatic carbocycles. The summed E-state index contributed by atoms with van der Waals surface area (Å²) in [7, 11) is 0. The van der Waals surface area contributed by atoms with E-state index in [-0.39, 0.29) is 6.42 Å². The van der Waals surface area contributed by atoms with Crippen molar-refractivity contribution in [1.29, 1.82) is 0 Å². The maximum atomic E-state index is 9.37. The summed E-state index contributed by atoms with van der Waals surface area (Å²) in [5.74, 6) is 0.369. The molecule has 0 fully saturated rings. The van der Waals surface area contributed by atoms with Crippen LogP contribution in [0.1, 0.15) is 13.3 Å². The molecule has 0 aromatic heterocycles. The average Bonchev–Trinajstić information content (AvgIpc) is 1.89. The molecular weight excluding hydrogens is 163 g/mol. The van der Waals surface area contributed by atoms with Crippen LogP contribution in [0.2, 0.25) is 0 Å². The van der Waals surface area contributed by atoms with Crippen LogP contribution in [-0.4, -0.2) is 22.8 Å². The molecular formula is C5H10Cl2O2. The van der Waals surface area contributed by atoms with E-state index in [0.717, 1.165) is 0 Å². The Labute approximate surface area is 64.8 Å². The van der Waals surface area contributed by atoms with Crippen LogP contribution in [0.3, 0.4) is 0 Å². The zero-order valence-corrected chi connectivity index (χ0v) is 6.74. The first-order chi connectivity index (χ1) is 4.18. The topological polar surface area (TPSA) is 37.3 Å². The Balaban J connectivity index is 0. The molecule has 0 aliphatic heterocycles. The highest BCUT2D eigenvalue weighted by molar-refractivity contribution is 6.25. The standard InChI is InChI=1S/C3H6O2.C2H4Cl2/c1-2-3(4)5;3-1-2-4/h2H2,1H3,(H,4,5);1-2H2. The minimum atomic E-state index is -0.745. The summed E-state index contributed by atoms with van der Waals surface area (Å²) in [5.41, 5.74) is 0. The molecule has 4 heteroatoms. The maximum absolute atomic E-state index is 9.37. The second kappa shape index (κ2) is 10.9. The van der Waals surface area contributed by atoms with Crippen LogP contribution < -0.4 is 0 Å². The van der Waals surface area contributed by atoms with Crippen LogP contribution >= 0.6 is 23.2 Å². The third kappa shape index (κ3) is 31.7. The number of hydrogen-bond donors (Lipinski definition) is 1. The van der Waals surface area contributed by atoms with Gasteiger partial charge in [-0.3, -0.25) is 4.79 Å². The number of aliphatic carboxylic acids is 1. The maximum Gasteiger partial charge on any atom is 0.303 e. The van der Waals surface area contributed by atoms with Crippen molar-refractivity contribution in [3.05, 3.63) is 0 Å². The third-order valence-corrected chi connectivity index (χ3v) is 0.945. The Hall–Kier alpha value is 0.0500. The van der Waals surface area contributed by atoms with Crippen molar-refractivity contribution in [2.75, 3.05) is 11.8 Å². The van der Waals surface area contributed by atoms with Gasteiger partial charge in [0.15, 0.2) is 0 Å². The summed E-state index contributed by atoms with van der Waals surface area (Å²) in [6.45, 7) is 1.60. The molecule has 0 spiro atoms. The lowest BCUT2D eigenvalue weighted by Gasteiger charge is -1.71. The van der Waals surface area contributed by atoms with E-state index in [9.17, 15) is 4.79 Å². The molecule has 0 rings (SSSR count). The van der Waals surface area contributed by atoms with Gasteiger partial charge in [-0.1, -0.05) is 6.92 Å². The Morgan fingerprint density at radius 1 is 1.44 bits per heavy atom. The lowest BCUT2D eigenvalue weighted by atomic mass is 10.5. The van der Waals surface area contributed by atoms with Crippen LogP contribution in [0.4, 0.5) is 0 Å². The highest BCUT2D eigenvalue weighted by Crippen LogP contribution is 1.75. The number of carboxylic acid groups (broad SMARTS) is 1. The number of carbonyl (C=O) groups is 1. The molecule has 0 aliphatic carbocycles. The number of alkyl halides is 2. The summed E-state index contributed by atoms with van der Waals surface area (Å²) < 4.78 is 0. The number of halogens is 2. The van der Waals surface area contributed by atoms with E-state index < -0.39 is 5.97 Å². The minimum absolute atomic E-state index is 0.222. The first-order valence-corrected chi connectivity index (χ1v) is 3.59. The molecule has 0 bridgehead atoms. The van der Waals surface area contributed by atoms with E-state index in [2.05, 4.69) is 0 Å². The number of rotatable bonds is 2. The SMILES string of the molecule is CCC(=O)O.ClCCCl. The first kappa shape index (κ1) is 11.8. The van der Waals surface area contributed by atoms with Crippen LogP contribution in [-0.2, 0) is 4.79 Å². The van der Waals surface area contributed by atoms with Gasteiger partial charge < -0.3 is 5.11 Å². The van der Waals surface area contributed by atoms with E-state index in [1.807, 2.05) is 0 Å². The van der Waals surface area contributed by atoms with Crippen molar-refractivity contribution in [3.63, 3.8) is 0 Å². The molecule has 0 heterocycles. The highest BCUT2D eigenvalue weighted by Gasteiger charge is 1.80. The Morgan fingerprint density at radius 2 is 1.67 bits per heavy atom. The zero-order valence-electron chi connectivity index (χ0n) is 5.23. The molecule has 0 aromatic rings. The highest BCUT2D eigenvalue weighted by atomic mass is 35.5. The second-order valence-corrected chi connectivity index (χ2v) is 1.88. The Bertz CT molecular complexity index is 64.0. The van der Waals surface area contributed by atoms with Gasteiger partial charge in [-0.15, -0.1) is 23.2 Å². The van der Waals surface area contributed by atoms with Crippen LogP contribution in [0.15, 0.2) is 0 Å². The molecule has 56 valence electrons. The van der Waals surface area contributed by atoms with Crippen molar-refractivity contribution in [1.82, 2.24) is 0 Å². The Kier molecular flexibility index (Phi) is 14.3. The molecule has 0 unspecified atom stereocenters. The molecule has 1 N–H and O–H groups in total. The first-order valence-electron chi connectivity index (χ1n) is 2.52. The number of hydrogen-bond acceptors (Lipinski definition) is 1. The lowest BCUT2D eigenvalue weighted by molar-refractivity contribution is -0.136. The van der Waals surface area contributed by atoms with Gasteiger partial charge >= 0.3 is 5.97 Å². The van der Waals surface area contributed by atoms with Gasteiger partial charge in [-0.05, 0) is 0 Å². The molecule has 9 heavy (non-hydrogen) atoms. The quantitative estimate of drug-likeness (QED) is 0.648. The summed E-state index contributed by atoms with van der Waals surface area (Å²) >= 11 is 10.1. The van der Waals surface area contributed by atoms with Crippen LogP contribution in [0, 0.1) is 0 Å². The van der Waals surface area contributed by atoms with Crippen molar-refractivity contribution in [3.8, 4) is 0 Å². The summed E-state index contributed by atoms with van der Waals surface area (Å²) in [6.07, 6.45) is 0.222. The summed E-state index contributed by atoms with van der Waals surface area (Å²) in [6, 6.07) is 0. The van der Waals surface area contributed by atoms with E-state index in [4.69, 9.17) is 28.3 Å². The molecule has 0 atom stereocenters. The smallest absolute Gasteiger partial charge is 0.303 e. The van der Waals surface area contributed by atoms with Crippen molar-refractivity contribution in [2.24, 2.45) is 0 Å². The second-order valence-electron chi connectivity index (χ2n) is 1.13. The summed E-state index contributed by atoms with van der Waals surface area (Å²) in [4.78, 5) is 9.37. The van der Waals surface area contributed by atoms with Gasteiger partial charge in [0.1, 0.15) is 0 Å². The molecule has 0 aliphatic rings. The minimum Gasteiger partial charge on any atom is -0.481 e. The Morgan fingerprint density at radius 3 is 1.67 bits per heavy atom. The molecule has 2 nitrogen and oxygen atoms in total. The van der Waals surface area contributed by atoms with E-state index in [1.165, 1.54) is 0 Å². The number of carboxylic acids is 1. The average molecular weight is 173 g/mol. The van der Waals surface area contributed by atoms with Crippen molar-refractivity contribution < 1.29 is 9.90 Å². The monoisotopic (exact) mass is 172 g/mol. The third-order valence-electron chi connectivity index (χ3n) is 0.374.